The fraction of sp³-hybridized carbons (Fsp3) is 0.533. The summed E-state index contributed by atoms with van der Waals surface area (Å²) in [5.41, 5.74) is 1.60. The van der Waals surface area contributed by atoms with Gasteiger partial charge in [-0.25, -0.2) is 4.79 Å². The molecule has 1 atom stereocenters. The molecular formula is C15H20N2O2. The molecule has 3 rings (SSSR count). The first-order valence-corrected chi connectivity index (χ1v) is 6.75. The highest BCUT2D eigenvalue weighted by molar-refractivity contribution is 5.88. The number of rotatable bonds is 0. The maximum atomic E-state index is 11.8. The first-order chi connectivity index (χ1) is 8.91. The van der Waals surface area contributed by atoms with Gasteiger partial charge < -0.3 is 4.74 Å². The van der Waals surface area contributed by atoms with Crippen LogP contribution in [0.3, 0.4) is 0 Å². The van der Waals surface area contributed by atoms with Gasteiger partial charge in [0.15, 0.2) is 5.60 Å². The van der Waals surface area contributed by atoms with Gasteiger partial charge in [0.2, 0.25) is 0 Å². The second-order valence-corrected chi connectivity index (χ2v) is 6.40. The molecule has 0 saturated carbocycles. The van der Waals surface area contributed by atoms with Gasteiger partial charge in [-0.3, -0.25) is 10.2 Å². The van der Waals surface area contributed by atoms with Crippen molar-refractivity contribution in [1.82, 2.24) is 4.90 Å². The van der Waals surface area contributed by atoms with Gasteiger partial charge in [0.25, 0.3) is 0 Å². The minimum absolute atomic E-state index is 0.0930. The molecule has 1 aromatic rings. The van der Waals surface area contributed by atoms with Gasteiger partial charge in [0.1, 0.15) is 0 Å². The normalized spacial score (nSPS) is 27.0. The van der Waals surface area contributed by atoms with Crippen LogP contribution < -0.4 is 5.32 Å². The van der Waals surface area contributed by atoms with Crippen LogP contribution in [0.2, 0.25) is 0 Å². The van der Waals surface area contributed by atoms with Crippen LogP contribution in [0.1, 0.15) is 32.8 Å². The van der Waals surface area contributed by atoms with Crippen molar-refractivity contribution in [2.75, 3.05) is 18.4 Å². The van der Waals surface area contributed by atoms with Crippen LogP contribution in [0.4, 0.5) is 10.5 Å². The number of fused-ring (bicyclic) bond motifs is 2. The number of ether oxygens (including phenoxy) is 1. The summed E-state index contributed by atoms with van der Waals surface area (Å²) in [4.78, 5) is 14.2. The average Bonchev–Trinajstić information content (AvgIpc) is 2.73. The molecule has 1 amide bonds. The van der Waals surface area contributed by atoms with Crippen LogP contribution in [-0.4, -0.2) is 29.6 Å². The molecule has 102 valence electrons. The molecule has 2 heterocycles. The minimum Gasteiger partial charge on any atom is -0.436 e. The van der Waals surface area contributed by atoms with E-state index >= 15 is 0 Å². The van der Waals surface area contributed by atoms with Gasteiger partial charge in [-0.15, -0.1) is 0 Å². The molecule has 1 N–H and O–H groups in total. The third-order valence-corrected chi connectivity index (χ3v) is 4.12. The number of carbonyl (C=O) groups excluding carboxylic acids is 1. The SMILES string of the molecule is CC(C)(C)N1CCC2(C1)OC(=O)Nc1ccccc12. The maximum absolute atomic E-state index is 11.8. The fourth-order valence-electron chi connectivity index (χ4n) is 3.02. The minimum atomic E-state index is -0.480. The van der Waals surface area contributed by atoms with Crippen molar-refractivity contribution in [1.29, 1.82) is 0 Å². The van der Waals surface area contributed by atoms with Crippen molar-refractivity contribution < 1.29 is 9.53 Å². The Labute approximate surface area is 113 Å². The van der Waals surface area contributed by atoms with Gasteiger partial charge >= 0.3 is 6.09 Å². The highest BCUT2D eigenvalue weighted by atomic mass is 16.6. The monoisotopic (exact) mass is 260 g/mol. The Bertz CT molecular complexity index is 521. The molecular weight excluding hydrogens is 240 g/mol. The van der Waals surface area contributed by atoms with Gasteiger partial charge in [-0.2, -0.15) is 0 Å². The van der Waals surface area contributed by atoms with Crippen LogP contribution in [-0.2, 0) is 10.3 Å². The summed E-state index contributed by atoms with van der Waals surface area (Å²) in [6.07, 6.45) is 0.517. The molecule has 1 unspecified atom stereocenters. The number of amides is 1. The molecule has 19 heavy (non-hydrogen) atoms. The molecule has 2 aliphatic heterocycles. The quantitative estimate of drug-likeness (QED) is 0.779. The molecule has 1 spiro atoms. The van der Waals surface area contributed by atoms with Crippen molar-refractivity contribution >= 4 is 11.8 Å². The Hall–Kier alpha value is -1.55. The Morgan fingerprint density at radius 2 is 2.05 bits per heavy atom. The molecule has 0 aromatic heterocycles. The summed E-state index contributed by atoms with van der Waals surface area (Å²) >= 11 is 0. The van der Waals surface area contributed by atoms with E-state index in [2.05, 4.69) is 37.1 Å². The Kier molecular flexibility index (Phi) is 2.61. The predicted octanol–water partition coefficient (Wildman–Crippen LogP) is 2.95. The number of hydrogen-bond acceptors (Lipinski definition) is 3. The number of para-hydroxylation sites is 1. The van der Waals surface area contributed by atoms with Crippen LogP contribution in [0.15, 0.2) is 24.3 Å². The van der Waals surface area contributed by atoms with E-state index < -0.39 is 5.60 Å². The van der Waals surface area contributed by atoms with Crippen LogP contribution >= 0.6 is 0 Å². The maximum Gasteiger partial charge on any atom is 0.412 e. The molecule has 4 heteroatoms. The van der Waals surface area contributed by atoms with E-state index in [1.165, 1.54) is 0 Å². The standard InChI is InChI=1S/C15H20N2O2/c1-14(2,3)17-9-8-15(10-17)11-6-4-5-7-12(11)16-13(18)19-15/h4-7H,8-10H2,1-3H3,(H,16,18). The smallest absolute Gasteiger partial charge is 0.412 e. The number of carbonyl (C=O) groups is 1. The molecule has 0 bridgehead atoms. The predicted molar refractivity (Wildman–Crippen MR) is 74.2 cm³/mol. The zero-order valence-electron chi connectivity index (χ0n) is 11.7. The van der Waals surface area contributed by atoms with E-state index in [0.29, 0.717) is 0 Å². The van der Waals surface area contributed by atoms with E-state index in [1.54, 1.807) is 0 Å². The zero-order valence-corrected chi connectivity index (χ0v) is 11.7. The third-order valence-electron chi connectivity index (χ3n) is 4.12. The first kappa shape index (κ1) is 12.5. The lowest BCUT2D eigenvalue weighted by atomic mass is 9.90. The molecule has 2 aliphatic rings. The topological polar surface area (TPSA) is 41.6 Å². The second-order valence-electron chi connectivity index (χ2n) is 6.40. The van der Waals surface area contributed by atoms with E-state index in [0.717, 1.165) is 30.8 Å². The molecule has 1 saturated heterocycles. The summed E-state index contributed by atoms with van der Waals surface area (Å²) in [5, 5.41) is 2.78. The van der Waals surface area contributed by atoms with Crippen molar-refractivity contribution in [3.63, 3.8) is 0 Å². The van der Waals surface area contributed by atoms with Gasteiger partial charge in [0.05, 0.1) is 5.69 Å². The average molecular weight is 260 g/mol. The fourth-order valence-corrected chi connectivity index (χ4v) is 3.02. The summed E-state index contributed by atoms with van der Waals surface area (Å²) in [5.74, 6) is 0. The van der Waals surface area contributed by atoms with Crippen molar-refractivity contribution in [2.45, 2.75) is 38.3 Å². The van der Waals surface area contributed by atoms with Crippen molar-refractivity contribution in [3.05, 3.63) is 29.8 Å². The van der Waals surface area contributed by atoms with Crippen molar-refractivity contribution in [2.24, 2.45) is 0 Å². The summed E-state index contributed by atoms with van der Waals surface area (Å²) in [7, 11) is 0. The Balaban J connectivity index is 2.00. The number of hydrogen-bond donors (Lipinski definition) is 1. The summed E-state index contributed by atoms with van der Waals surface area (Å²) in [6.45, 7) is 8.30. The largest absolute Gasteiger partial charge is 0.436 e. The van der Waals surface area contributed by atoms with E-state index in [9.17, 15) is 4.79 Å². The van der Waals surface area contributed by atoms with E-state index in [1.807, 2.05) is 18.2 Å². The van der Waals surface area contributed by atoms with Gasteiger partial charge in [-0.1, -0.05) is 18.2 Å². The third kappa shape index (κ3) is 2.00. The second kappa shape index (κ2) is 3.97. The number of nitrogens with one attached hydrogen (secondary N) is 1. The van der Waals surface area contributed by atoms with Crippen molar-refractivity contribution in [3.8, 4) is 0 Å². The molecule has 0 aliphatic carbocycles. The lowest BCUT2D eigenvalue weighted by Crippen LogP contribution is -2.45. The van der Waals surface area contributed by atoms with Crippen LogP contribution in [0.25, 0.3) is 0 Å². The van der Waals surface area contributed by atoms with Gasteiger partial charge in [-0.05, 0) is 26.8 Å². The Morgan fingerprint density at radius 3 is 2.74 bits per heavy atom. The Morgan fingerprint density at radius 1 is 1.32 bits per heavy atom. The number of benzene rings is 1. The van der Waals surface area contributed by atoms with Crippen LogP contribution in [0.5, 0.6) is 0 Å². The number of likely N-dealkylation sites (tertiary alicyclic amines) is 1. The van der Waals surface area contributed by atoms with Gasteiger partial charge in [0, 0.05) is 30.6 Å². The highest BCUT2D eigenvalue weighted by Gasteiger charge is 2.49. The molecule has 0 radical (unpaired) electrons. The number of anilines is 1. The zero-order chi connectivity index (χ0) is 13.7. The molecule has 1 fully saturated rings. The summed E-state index contributed by atoms with van der Waals surface area (Å²) < 4.78 is 5.69. The van der Waals surface area contributed by atoms with E-state index in [4.69, 9.17) is 4.74 Å². The van der Waals surface area contributed by atoms with E-state index in [-0.39, 0.29) is 11.6 Å². The first-order valence-electron chi connectivity index (χ1n) is 6.75. The number of nitrogens with zero attached hydrogens (tertiary/aromatic N) is 1. The highest BCUT2D eigenvalue weighted by Crippen LogP contribution is 2.44. The molecule has 1 aromatic carbocycles. The lowest BCUT2D eigenvalue weighted by molar-refractivity contribution is 0.0103. The van der Waals surface area contributed by atoms with Crippen LogP contribution in [0, 0.1) is 0 Å². The molecule has 4 nitrogen and oxygen atoms in total. The summed E-state index contributed by atoms with van der Waals surface area (Å²) in [6, 6.07) is 7.94. The lowest BCUT2D eigenvalue weighted by Gasteiger charge is -2.38.